The van der Waals surface area contributed by atoms with Crippen molar-refractivity contribution in [1.29, 1.82) is 0 Å². The zero-order valence-corrected chi connectivity index (χ0v) is 24.4. The molecule has 0 saturated carbocycles. The molecule has 0 aromatic heterocycles. The van der Waals surface area contributed by atoms with Crippen molar-refractivity contribution in [3.05, 3.63) is 119 Å². The first kappa shape index (κ1) is 30.0. The van der Waals surface area contributed by atoms with Crippen LogP contribution in [-0.4, -0.2) is 39.6 Å². The number of carbonyl (C=O) groups is 2. The van der Waals surface area contributed by atoms with E-state index < -0.39 is 22.5 Å². The number of nitrogens with zero attached hydrogens (tertiary/aromatic N) is 2. The minimum Gasteiger partial charge on any atom is -0.484 e. The van der Waals surface area contributed by atoms with E-state index in [4.69, 9.17) is 4.74 Å². The van der Waals surface area contributed by atoms with E-state index >= 15 is 0 Å². The van der Waals surface area contributed by atoms with Gasteiger partial charge in [-0.3, -0.25) is 13.9 Å². The summed E-state index contributed by atoms with van der Waals surface area (Å²) in [6.45, 7) is 5.16. The Morgan fingerprint density at radius 3 is 2.19 bits per heavy atom. The number of benzene rings is 4. The zero-order valence-electron chi connectivity index (χ0n) is 23.6. The Bertz CT molecular complexity index is 1670. The van der Waals surface area contributed by atoms with Crippen molar-refractivity contribution in [1.82, 2.24) is 5.43 Å². The summed E-state index contributed by atoms with van der Waals surface area (Å²) in [4.78, 5) is 25.0. The third kappa shape index (κ3) is 8.05. The monoisotopic (exact) mass is 584 g/mol. The number of ether oxygens (including phenoxy) is 1. The summed E-state index contributed by atoms with van der Waals surface area (Å²) >= 11 is 0. The fraction of sp³-hybridized carbons (Fsp3) is 0.156. The lowest BCUT2D eigenvalue weighted by Gasteiger charge is -2.24. The average molecular weight is 585 g/mol. The Balaban J connectivity index is 1.35. The number of anilines is 2. The first-order valence-electron chi connectivity index (χ1n) is 13.2. The third-order valence-electron chi connectivity index (χ3n) is 6.39. The van der Waals surface area contributed by atoms with Gasteiger partial charge in [0.2, 0.25) is 0 Å². The highest BCUT2D eigenvalue weighted by Gasteiger charge is 2.27. The second kappa shape index (κ2) is 13.6. The molecule has 2 amide bonds. The summed E-state index contributed by atoms with van der Waals surface area (Å²) < 4.78 is 33.5. The average Bonchev–Trinajstić information content (AvgIpc) is 2.98. The van der Waals surface area contributed by atoms with E-state index in [1.165, 1.54) is 18.3 Å². The molecule has 9 nitrogen and oxygen atoms in total. The first-order chi connectivity index (χ1) is 20.1. The third-order valence-corrected chi connectivity index (χ3v) is 8.17. The Morgan fingerprint density at radius 2 is 1.52 bits per heavy atom. The minimum absolute atomic E-state index is 0.0782. The van der Waals surface area contributed by atoms with Crippen LogP contribution in [0.3, 0.4) is 0 Å². The first-order valence-corrected chi connectivity index (χ1v) is 14.6. The van der Waals surface area contributed by atoms with Gasteiger partial charge in [0.05, 0.1) is 16.8 Å². The van der Waals surface area contributed by atoms with Crippen LogP contribution in [-0.2, 0) is 19.6 Å². The molecule has 42 heavy (non-hydrogen) atoms. The van der Waals surface area contributed by atoms with Gasteiger partial charge in [0.1, 0.15) is 12.3 Å². The number of amides is 2. The molecule has 0 aliphatic carbocycles. The van der Waals surface area contributed by atoms with Crippen LogP contribution in [0.4, 0.5) is 11.4 Å². The Morgan fingerprint density at radius 1 is 0.833 bits per heavy atom. The van der Waals surface area contributed by atoms with Crippen molar-refractivity contribution in [2.24, 2.45) is 5.10 Å². The van der Waals surface area contributed by atoms with Crippen molar-refractivity contribution in [2.45, 2.75) is 25.7 Å². The largest absolute Gasteiger partial charge is 0.484 e. The molecule has 0 aliphatic rings. The predicted octanol–water partition coefficient (Wildman–Crippen LogP) is 4.97. The van der Waals surface area contributed by atoms with E-state index in [1.807, 2.05) is 51.1 Å². The number of aryl methyl sites for hydroxylation is 3. The maximum Gasteiger partial charge on any atom is 0.264 e. The van der Waals surface area contributed by atoms with Crippen LogP contribution in [0.25, 0.3) is 0 Å². The molecule has 0 heterocycles. The van der Waals surface area contributed by atoms with Crippen LogP contribution in [0.2, 0.25) is 0 Å². The number of carbonyl (C=O) groups excluding carboxylic acids is 2. The van der Waals surface area contributed by atoms with Crippen molar-refractivity contribution in [3.8, 4) is 5.75 Å². The van der Waals surface area contributed by atoms with Gasteiger partial charge in [-0.2, -0.15) is 5.10 Å². The summed E-state index contributed by atoms with van der Waals surface area (Å²) in [7, 11) is -4.01. The number of hydrazone groups is 1. The molecule has 4 aromatic rings. The molecular weight excluding hydrogens is 552 g/mol. The van der Waals surface area contributed by atoms with Gasteiger partial charge >= 0.3 is 0 Å². The highest BCUT2D eigenvalue weighted by Crippen LogP contribution is 2.25. The van der Waals surface area contributed by atoms with E-state index in [2.05, 4.69) is 15.8 Å². The van der Waals surface area contributed by atoms with E-state index in [0.29, 0.717) is 22.7 Å². The molecule has 0 radical (unpaired) electrons. The van der Waals surface area contributed by atoms with Crippen LogP contribution in [0.1, 0.15) is 22.3 Å². The molecule has 0 aliphatic heterocycles. The fourth-order valence-corrected chi connectivity index (χ4v) is 5.33. The van der Waals surface area contributed by atoms with Gasteiger partial charge in [-0.25, -0.2) is 13.8 Å². The number of sulfonamides is 1. The van der Waals surface area contributed by atoms with Gasteiger partial charge in [-0.15, -0.1) is 0 Å². The van der Waals surface area contributed by atoms with E-state index in [0.717, 1.165) is 21.0 Å². The van der Waals surface area contributed by atoms with Gasteiger partial charge in [-0.1, -0.05) is 42.0 Å². The molecular formula is C32H32N4O5S. The number of nitrogens with one attached hydrogen (secondary N) is 2. The summed E-state index contributed by atoms with van der Waals surface area (Å²) in [6, 6.07) is 27.4. The fourth-order valence-electron chi connectivity index (χ4n) is 3.89. The summed E-state index contributed by atoms with van der Waals surface area (Å²) in [5.41, 5.74) is 7.14. The Hall–Kier alpha value is -4.96. The van der Waals surface area contributed by atoms with Crippen molar-refractivity contribution >= 4 is 39.4 Å². The van der Waals surface area contributed by atoms with Crippen molar-refractivity contribution in [3.63, 3.8) is 0 Å². The van der Waals surface area contributed by atoms with Crippen LogP contribution in [0, 0.1) is 20.8 Å². The molecule has 0 unspecified atom stereocenters. The minimum atomic E-state index is -4.01. The smallest absolute Gasteiger partial charge is 0.264 e. The van der Waals surface area contributed by atoms with Crippen LogP contribution < -0.4 is 19.8 Å². The van der Waals surface area contributed by atoms with Gasteiger partial charge in [-0.05, 0) is 98.1 Å². The normalized spacial score (nSPS) is 11.2. The lowest BCUT2D eigenvalue weighted by molar-refractivity contribution is -0.119. The standard InChI is InChI=1S/C32H32N4O5S/c1-23-9-14-27(15-10-23)34-32(38)22-41-29-17-12-26(13-18-29)20-33-35-31(37)21-36(28-16-11-24(2)25(3)19-28)42(39,40)30-7-5-4-6-8-30/h4-20H,21-22H2,1-3H3,(H,34,38)(H,35,37)/b33-20-. The molecule has 4 rings (SSSR count). The molecule has 0 atom stereocenters. The number of rotatable bonds is 11. The lowest BCUT2D eigenvalue weighted by atomic mass is 10.1. The van der Waals surface area contributed by atoms with Gasteiger partial charge in [0.25, 0.3) is 21.8 Å². The Labute approximate surface area is 245 Å². The quantitative estimate of drug-likeness (QED) is 0.191. The molecule has 0 saturated heterocycles. The highest BCUT2D eigenvalue weighted by molar-refractivity contribution is 7.92. The SMILES string of the molecule is Cc1ccc(NC(=O)COc2ccc(/C=N\NC(=O)CN(c3ccc(C)c(C)c3)S(=O)(=O)c3ccccc3)cc2)cc1. The number of hydrogen-bond acceptors (Lipinski definition) is 6. The molecule has 4 aromatic carbocycles. The van der Waals surface area contributed by atoms with Gasteiger partial charge in [0, 0.05) is 5.69 Å². The number of hydrogen-bond donors (Lipinski definition) is 2. The topological polar surface area (TPSA) is 117 Å². The van der Waals surface area contributed by atoms with Crippen LogP contribution >= 0.6 is 0 Å². The van der Waals surface area contributed by atoms with Crippen LogP contribution in [0.5, 0.6) is 5.75 Å². The van der Waals surface area contributed by atoms with Crippen molar-refractivity contribution in [2.75, 3.05) is 22.8 Å². The van der Waals surface area contributed by atoms with E-state index in [1.54, 1.807) is 54.6 Å². The maximum atomic E-state index is 13.5. The predicted molar refractivity (Wildman–Crippen MR) is 164 cm³/mol. The molecule has 0 spiro atoms. The molecule has 0 fully saturated rings. The summed E-state index contributed by atoms with van der Waals surface area (Å²) in [5, 5.41) is 6.75. The van der Waals surface area contributed by atoms with Crippen molar-refractivity contribution < 1.29 is 22.7 Å². The summed E-state index contributed by atoms with van der Waals surface area (Å²) in [6.07, 6.45) is 1.43. The van der Waals surface area contributed by atoms with Gasteiger partial charge in [0.15, 0.2) is 6.61 Å². The maximum absolute atomic E-state index is 13.5. The summed E-state index contributed by atoms with van der Waals surface area (Å²) in [5.74, 6) is -0.398. The molecule has 2 N–H and O–H groups in total. The molecule has 216 valence electrons. The molecule has 10 heteroatoms. The molecule has 0 bridgehead atoms. The second-order valence-electron chi connectivity index (χ2n) is 9.66. The van der Waals surface area contributed by atoms with E-state index in [9.17, 15) is 18.0 Å². The second-order valence-corrected chi connectivity index (χ2v) is 11.5. The Kier molecular flexibility index (Phi) is 9.72. The zero-order chi connectivity index (χ0) is 30.1. The van der Waals surface area contributed by atoms with Crippen LogP contribution in [0.15, 0.2) is 107 Å². The lowest BCUT2D eigenvalue weighted by Crippen LogP contribution is -2.39. The highest BCUT2D eigenvalue weighted by atomic mass is 32.2. The van der Waals surface area contributed by atoms with Gasteiger partial charge < -0.3 is 10.1 Å². The van der Waals surface area contributed by atoms with E-state index in [-0.39, 0.29) is 17.4 Å².